The zero-order chi connectivity index (χ0) is 16.2. The van der Waals surface area contributed by atoms with Crippen LogP contribution in [0.1, 0.15) is 11.1 Å². The summed E-state index contributed by atoms with van der Waals surface area (Å²) in [6.07, 6.45) is 0. The summed E-state index contributed by atoms with van der Waals surface area (Å²) in [4.78, 5) is 0. The van der Waals surface area contributed by atoms with Gasteiger partial charge in [-0.15, -0.1) is 10.2 Å². The topological polar surface area (TPSA) is 56.7 Å². The Labute approximate surface area is 148 Å². The lowest BCUT2D eigenvalue weighted by Crippen LogP contribution is -2.06. The van der Waals surface area contributed by atoms with E-state index in [2.05, 4.69) is 22.3 Å². The molecule has 1 aromatic heterocycles. The maximum atomic E-state index is 6.07. The second-order valence-corrected chi connectivity index (χ2v) is 6.71. The molecule has 0 unspecified atom stereocenters. The molecule has 4 nitrogen and oxygen atoms in total. The summed E-state index contributed by atoms with van der Waals surface area (Å²) in [5.41, 5.74) is 8.16. The van der Waals surface area contributed by atoms with Crippen molar-refractivity contribution < 1.29 is 0 Å². The van der Waals surface area contributed by atoms with E-state index in [9.17, 15) is 0 Å². The first-order valence-electron chi connectivity index (χ1n) is 6.93. The minimum Gasteiger partial charge on any atom is -0.368 e. The van der Waals surface area contributed by atoms with Gasteiger partial charge in [0.1, 0.15) is 0 Å². The number of hydrogen-bond donors (Lipinski definition) is 1. The van der Waals surface area contributed by atoms with Gasteiger partial charge in [-0.05, 0) is 23.3 Å². The predicted octanol–water partition coefficient (Wildman–Crippen LogP) is 4.51. The molecule has 3 rings (SSSR count). The third kappa shape index (κ3) is 3.99. The molecule has 2 aromatic carbocycles. The molecule has 2 N–H and O–H groups in total. The molecule has 1 heterocycles. The zero-order valence-corrected chi connectivity index (χ0v) is 14.4. The first-order valence-corrected chi connectivity index (χ1v) is 8.67. The number of hydrogen-bond acceptors (Lipinski definition) is 4. The Hall–Kier alpha value is -1.69. The Morgan fingerprint density at radius 3 is 2.48 bits per heavy atom. The molecule has 0 amide bonds. The number of nitrogens with zero attached hydrogens (tertiary/aromatic N) is 3. The van der Waals surface area contributed by atoms with Crippen molar-refractivity contribution in [3.63, 3.8) is 0 Å². The van der Waals surface area contributed by atoms with E-state index >= 15 is 0 Å². The largest absolute Gasteiger partial charge is 0.368 e. The van der Waals surface area contributed by atoms with E-state index in [1.54, 1.807) is 17.8 Å². The fraction of sp³-hybridized carbons (Fsp3) is 0.125. The van der Waals surface area contributed by atoms with Gasteiger partial charge in [-0.3, -0.25) is 4.57 Å². The lowest BCUT2D eigenvalue weighted by molar-refractivity contribution is 0.717. The van der Waals surface area contributed by atoms with E-state index in [0.717, 1.165) is 16.5 Å². The van der Waals surface area contributed by atoms with Crippen LogP contribution >= 0.6 is 35.0 Å². The summed E-state index contributed by atoms with van der Waals surface area (Å²) in [5.74, 6) is 1.19. The lowest BCUT2D eigenvalue weighted by atomic mass is 10.2. The van der Waals surface area contributed by atoms with E-state index in [1.165, 1.54) is 5.56 Å². The Morgan fingerprint density at radius 1 is 0.957 bits per heavy atom. The Balaban J connectivity index is 1.77. The van der Waals surface area contributed by atoms with Crippen LogP contribution in [0.2, 0.25) is 10.0 Å². The average Bonchev–Trinajstić information content (AvgIpc) is 2.90. The molecule has 0 atom stereocenters. The van der Waals surface area contributed by atoms with Crippen molar-refractivity contribution >= 4 is 40.9 Å². The molecule has 118 valence electrons. The molecule has 0 saturated heterocycles. The molecular weight excluding hydrogens is 351 g/mol. The summed E-state index contributed by atoms with van der Waals surface area (Å²) in [6, 6.07) is 15.7. The van der Waals surface area contributed by atoms with Crippen LogP contribution in [0.3, 0.4) is 0 Å². The number of anilines is 1. The highest BCUT2D eigenvalue weighted by Gasteiger charge is 2.11. The van der Waals surface area contributed by atoms with Gasteiger partial charge in [0.25, 0.3) is 0 Å². The monoisotopic (exact) mass is 364 g/mol. The van der Waals surface area contributed by atoms with Gasteiger partial charge in [-0.2, -0.15) is 0 Å². The van der Waals surface area contributed by atoms with Crippen LogP contribution in [0.25, 0.3) is 0 Å². The molecule has 3 aromatic rings. The van der Waals surface area contributed by atoms with Crippen LogP contribution < -0.4 is 5.73 Å². The molecular formula is C16H14Cl2N4S. The molecule has 0 aliphatic carbocycles. The number of benzene rings is 2. The normalized spacial score (nSPS) is 10.9. The molecule has 23 heavy (non-hydrogen) atoms. The quantitative estimate of drug-likeness (QED) is 0.676. The van der Waals surface area contributed by atoms with E-state index < -0.39 is 0 Å². The van der Waals surface area contributed by atoms with Gasteiger partial charge in [0.2, 0.25) is 5.95 Å². The van der Waals surface area contributed by atoms with Gasteiger partial charge in [-0.25, -0.2) is 0 Å². The van der Waals surface area contributed by atoms with Gasteiger partial charge < -0.3 is 5.73 Å². The SMILES string of the molecule is Nc1nnc(SCc2ccccc2)n1Cc1ccc(Cl)c(Cl)c1. The van der Waals surface area contributed by atoms with Crippen LogP contribution in [0, 0.1) is 0 Å². The number of aromatic nitrogens is 3. The second-order valence-electron chi connectivity index (χ2n) is 4.95. The molecule has 0 spiro atoms. The number of nitrogen functional groups attached to an aromatic ring is 1. The molecule has 0 fully saturated rings. The Bertz CT molecular complexity index is 805. The van der Waals surface area contributed by atoms with Gasteiger partial charge in [0.05, 0.1) is 16.6 Å². The molecule has 7 heteroatoms. The summed E-state index contributed by atoms with van der Waals surface area (Å²) in [6.45, 7) is 0.548. The van der Waals surface area contributed by atoms with Crippen molar-refractivity contribution in [3.05, 3.63) is 69.7 Å². The minimum absolute atomic E-state index is 0.381. The number of halogens is 2. The highest BCUT2D eigenvalue weighted by Crippen LogP contribution is 2.26. The van der Waals surface area contributed by atoms with Crippen molar-refractivity contribution in [2.24, 2.45) is 0 Å². The van der Waals surface area contributed by atoms with Crippen molar-refractivity contribution in [3.8, 4) is 0 Å². The maximum Gasteiger partial charge on any atom is 0.223 e. The Morgan fingerprint density at radius 2 is 1.74 bits per heavy atom. The highest BCUT2D eigenvalue weighted by atomic mass is 35.5. The molecule has 0 bridgehead atoms. The third-order valence-electron chi connectivity index (χ3n) is 3.28. The van der Waals surface area contributed by atoms with Crippen LogP contribution in [0.4, 0.5) is 5.95 Å². The summed E-state index contributed by atoms with van der Waals surface area (Å²) in [5, 5.41) is 9.97. The molecule has 0 aliphatic heterocycles. The van der Waals surface area contributed by atoms with Crippen molar-refractivity contribution in [2.45, 2.75) is 17.5 Å². The van der Waals surface area contributed by atoms with Crippen LogP contribution in [-0.4, -0.2) is 14.8 Å². The Kier molecular flexibility index (Phi) is 5.10. The van der Waals surface area contributed by atoms with Gasteiger partial charge in [0.15, 0.2) is 5.16 Å². The summed E-state index contributed by atoms with van der Waals surface area (Å²) in [7, 11) is 0. The van der Waals surface area contributed by atoms with E-state index in [0.29, 0.717) is 22.5 Å². The third-order valence-corrected chi connectivity index (χ3v) is 5.06. The van der Waals surface area contributed by atoms with E-state index in [-0.39, 0.29) is 0 Å². The van der Waals surface area contributed by atoms with Crippen LogP contribution in [0.15, 0.2) is 53.7 Å². The first kappa shape index (κ1) is 16.2. The van der Waals surface area contributed by atoms with E-state index in [1.807, 2.05) is 34.9 Å². The maximum absolute atomic E-state index is 6.07. The van der Waals surface area contributed by atoms with Gasteiger partial charge in [-0.1, -0.05) is 71.4 Å². The molecule has 0 aliphatic rings. The molecule has 0 saturated carbocycles. The number of rotatable bonds is 5. The van der Waals surface area contributed by atoms with Crippen molar-refractivity contribution in [1.29, 1.82) is 0 Å². The van der Waals surface area contributed by atoms with Crippen LogP contribution in [0.5, 0.6) is 0 Å². The lowest BCUT2D eigenvalue weighted by Gasteiger charge is -2.09. The highest BCUT2D eigenvalue weighted by molar-refractivity contribution is 7.98. The van der Waals surface area contributed by atoms with Gasteiger partial charge in [0, 0.05) is 5.75 Å². The number of nitrogens with two attached hydrogens (primary N) is 1. The standard InChI is InChI=1S/C16H14Cl2N4S/c17-13-7-6-12(8-14(13)18)9-22-15(19)20-21-16(22)23-10-11-4-2-1-3-5-11/h1-8H,9-10H2,(H2,19,20). The van der Waals surface area contributed by atoms with Crippen LogP contribution in [-0.2, 0) is 12.3 Å². The average molecular weight is 365 g/mol. The zero-order valence-electron chi connectivity index (χ0n) is 12.1. The summed E-state index contributed by atoms with van der Waals surface area (Å²) >= 11 is 13.6. The molecule has 0 radical (unpaired) electrons. The predicted molar refractivity (Wildman–Crippen MR) is 96.0 cm³/mol. The second kappa shape index (κ2) is 7.25. The summed E-state index contributed by atoms with van der Waals surface area (Å²) < 4.78 is 1.87. The van der Waals surface area contributed by atoms with Gasteiger partial charge >= 0.3 is 0 Å². The fourth-order valence-corrected chi connectivity index (χ4v) is 3.32. The van der Waals surface area contributed by atoms with E-state index in [4.69, 9.17) is 28.9 Å². The van der Waals surface area contributed by atoms with Crippen molar-refractivity contribution in [1.82, 2.24) is 14.8 Å². The first-order chi connectivity index (χ1) is 11.1. The smallest absolute Gasteiger partial charge is 0.223 e. The fourth-order valence-electron chi connectivity index (χ4n) is 2.10. The number of thioether (sulfide) groups is 1. The van der Waals surface area contributed by atoms with Crippen molar-refractivity contribution in [2.75, 3.05) is 5.73 Å². The minimum atomic E-state index is 0.381.